The smallest absolute Gasteiger partial charge is 0.457 e. The zero-order valence-corrected chi connectivity index (χ0v) is 19.4. The lowest BCUT2D eigenvalue weighted by Crippen LogP contribution is -2.47. The molecule has 1 aromatic carbocycles. The van der Waals surface area contributed by atoms with E-state index in [4.69, 9.17) is 5.53 Å². The summed E-state index contributed by atoms with van der Waals surface area (Å²) in [6.45, 7) is 8.14. The number of amides is 2. The highest BCUT2D eigenvalue weighted by atomic mass is 32.2. The number of nitrogens with zero attached hydrogens (tertiary/aromatic N) is 3. The molecule has 0 bridgehead atoms. The van der Waals surface area contributed by atoms with Crippen molar-refractivity contribution >= 4 is 33.3 Å². The van der Waals surface area contributed by atoms with Crippen LogP contribution >= 0.6 is 0 Å². The summed E-state index contributed by atoms with van der Waals surface area (Å²) in [5, 5.41) is 0. The molecule has 10 heteroatoms. The minimum atomic E-state index is -3.82. The number of esters is 1. The van der Waals surface area contributed by atoms with Gasteiger partial charge >= 0.3 is 17.6 Å². The Morgan fingerprint density at radius 1 is 1.25 bits per heavy atom. The van der Waals surface area contributed by atoms with Crippen molar-refractivity contribution in [3.63, 3.8) is 0 Å². The Bertz CT molecular complexity index is 995. The highest BCUT2D eigenvalue weighted by molar-refractivity contribution is 7.91. The Labute approximate surface area is 188 Å². The maximum atomic E-state index is 12.9. The Balaban J connectivity index is 3.15. The number of hydrogen-bond donors (Lipinski definition) is 0. The molecule has 174 valence electrons. The van der Waals surface area contributed by atoms with Crippen LogP contribution in [0.15, 0.2) is 41.8 Å². The lowest BCUT2D eigenvalue weighted by molar-refractivity contribution is -0.147. The standard InChI is InChI=1S/C22H29N3O6S/c1-5-7-8-17(4)15-19(26)25(21(27)20(24-23)22(28)31-6-2)13-14-32(29,30)18-11-9-16(3)10-12-18/h5,9-12,17H,1,6-8,13-15H2,2-4H3. The first-order valence-electron chi connectivity index (χ1n) is 10.2. The number of carbonyl (C=O) groups excluding carboxylic acids is 3. The molecule has 1 unspecified atom stereocenters. The molecule has 0 spiro atoms. The predicted octanol–water partition coefficient (Wildman–Crippen LogP) is 2.35. The Morgan fingerprint density at radius 2 is 1.88 bits per heavy atom. The molecule has 32 heavy (non-hydrogen) atoms. The van der Waals surface area contributed by atoms with Crippen molar-refractivity contribution in [3.8, 4) is 0 Å². The van der Waals surface area contributed by atoms with Crippen molar-refractivity contribution in [3.05, 3.63) is 48.0 Å². The van der Waals surface area contributed by atoms with E-state index in [0.29, 0.717) is 17.7 Å². The highest BCUT2D eigenvalue weighted by Crippen LogP contribution is 2.16. The minimum absolute atomic E-state index is 0.0451. The van der Waals surface area contributed by atoms with Crippen LogP contribution in [0.25, 0.3) is 5.53 Å². The molecular formula is C22H29N3O6S. The van der Waals surface area contributed by atoms with Crippen LogP contribution in [-0.4, -0.2) is 60.5 Å². The number of imide groups is 1. The first-order valence-corrected chi connectivity index (χ1v) is 11.9. The number of aryl methyl sites for hydroxylation is 1. The molecule has 0 saturated carbocycles. The van der Waals surface area contributed by atoms with Crippen molar-refractivity contribution < 1.29 is 32.3 Å². The minimum Gasteiger partial charge on any atom is -0.457 e. The second-order valence-electron chi connectivity index (χ2n) is 7.33. The van der Waals surface area contributed by atoms with Gasteiger partial charge in [-0.3, -0.25) is 14.5 Å². The molecule has 0 radical (unpaired) electrons. The SMILES string of the molecule is C=CCCC(C)CC(=O)N(CCS(=O)(=O)c1ccc(C)cc1)C(=O)C(=[N+]=[N-])C(=O)OCC. The molecule has 0 saturated heterocycles. The molecule has 0 aromatic heterocycles. The van der Waals surface area contributed by atoms with Crippen LogP contribution in [0.5, 0.6) is 0 Å². The summed E-state index contributed by atoms with van der Waals surface area (Å²) in [5.74, 6) is -3.79. The molecule has 1 rings (SSSR count). The van der Waals surface area contributed by atoms with Crippen molar-refractivity contribution in [1.82, 2.24) is 4.90 Å². The summed E-state index contributed by atoms with van der Waals surface area (Å²) in [4.78, 5) is 41.0. The molecule has 0 N–H and O–H groups in total. The topological polar surface area (TPSA) is 134 Å². The van der Waals surface area contributed by atoms with Gasteiger partial charge in [-0.15, -0.1) is 6.58 Å². The van der Waals surface area contributed by atoms with E-state index in [9.17, 15) is 22.8 Å². The maximum absolute atomic E-state index is 12.9. The average Bonchev–Trinajstić information content (AvgIpc) is 2.73. The van der Waals surface area contributed by atoms with Crippen molar-refractivity contribution in [2.75, 3.05) is 18.9 Å². The summed E-state index contributed by atoms with van der Waals surface area (Å²) in [5.41, 5.74) is 9.04. The van der Waals surface area contributed by atoms with Gasteiger partial charge in [0.25, 0.3) is 0 Å². The molecule has 0 heterocycles. The first-order chi connectivity index (χ1) is 15.1. The summed E-state index contributed by atoms with van der Waals surface area (Å²) in [6.07, 6.45) is 2.94. The zero-order valence-electron chi connectivity index (χ0n) is 18.6. The molecule has 2 amide bonds. The van der Waals surface area contributed by atoms with Crippen LogP contribution in [0.2, 0.25) is 0 Å². The zero-order chi connectivity index (χ0) is 24.3. The van der Waals surface area contributed by atoms with E-state index in [2.05, 4.69) is 16.1 Å². The quantitative estimate of drug-likeness (QED) is 0.117. The van der Waals surface area contributed by atoms with Gasteiger partial charge in [-0.1, -0.05) is 30.7 Å². The van der Waals surface area contributed by atoms with Crippen LogP contribution in [0.3, 0.4) is 0 Å². The van der Waals surface area contributed by atoms with E-state index in [1.165, 1.54) is 19.1 Å². The van der Waals surface area contributed by atoms with E-state index in [0.717, 1.165) is 5.56 Å². The molecule has 1 atom stereocenters. The Morgan fingerprint density at radius 3 is 2.41 bits per heavy atom. The molecule has 0 fully saturated rings. The summed E-state index contributed by atoms with van der Waals surface area (Å²) in [6, 6.07) is 6.16. The van der Waals surface area contributed by atoms with Crippen LogP contribution in [0.1, 0.15) is 38.7 Å². The predicted molar refractivity (Wildman–Crippen MR) is 118 cm³/mol. The molecule has 0 aliphatic heterocycles. The monoisotopic (exact) mass is 463 g/mol. The number of ether oxygens (including phenoxy) is 1. The fourth-order valence-electron chi connectivity index (χ4n) is 2.83. The third-order valence-electron chi connectivity index (χ3n) is 4.67. The summed E-state index contributed by atoms with van der Waals surface area (Å²) >= 11 is 0. The molecule has 0 aliphatic carbocycles. The second-order valence-corrected chi connectivity index (χ2v) is 9.44. The van der Waals surface area contributed by atoms with E-state index < -0.39 is 45.6 Å². The van der Waals surface area contributed by atoms with Crippen molar-refractivity contribution in [1.29, 1.82) is 0 Å². The van der Waals surface area contributed by atoms with Gasteiger partial charge in [0.15, 0.2) is 9.84 Å². The van der Waals surface area contributed by atoms with E-state index in [-0.39, 0.29) is 23.8 Å². The van der Waals surface area contributed by atoms with Gasteiger partial charge < -0.3 is 10.3 Å². The van der Waals surface area contributed by atoms with Gasteiger partial charge in [0, 0.05) is 13.0 Å². The fraction of sp³-hybridized carbons (Fsp3) is 0.455. The molecular weight excluding hydrogens is 434 g/mol. The van der Waals surface area contributed by atoms with Crippen molar-refractivity contribution in [2.45, 2.75) is 44.9 Å². The lowest BCUT2D eigenvalue weighted by atomic mass is 10.0. The molecule has 9 nitrogen and oxygen atoms in total. The van der Waals surface area contributed by atoms with Crippen molar-refractivity contribution in [2.24, 2.45) is 5.92 Å². The number of carbonyl (C=O) groups is 3. The second kappa shape index (κ2) is 12.7. The number of rotatable bonds is 12. The van der Waals surface area contributed by atoms with E-state index in [1.54, 1.807) is 25.1 Å². The number of hydrogen-bond acceptors (Lipinski definition) is 6. The summed E-state index contributed by atoms with van der Waals surface area (Å²) in [7, 11) is -3.82. The van der Waals surface area contributed by atoms with Gasteiger partial charge in [-0.25, -0.2) is 13.2 Å². The number of benzene rings is 1. The van der Waals surface area contributed by atoms with Gasteiger partial charge in [-0.2, -0.15) is 4.79 Å². The van der Waals surface area contributed by atoms with Gasteiger partial charge in [0.05, 0.1) is 17.3 Å². The van der Waals surface area contributed by atoms with E-state index >= 15 is 0 Å². The van der Waals surface area contributed by atoms with Gasteiger partial charge in [0.1, 0.15) is 0 Å². The van der Waals surface area contributed by atoms with Crippen LogP contribution in [-0.2, 0) is 29.0 Å². The highest BCUT2D eigenvalue weighted by Gasteiger charge is 2.39. The van der Waals surface area contributed by atoms with Crippen LogP contribution in [0, 0.1) is 12.8 Å². The lowest BCUT2D eigenvalue weighted by Gasteiger charge is -2.20. The molecule has 0 aliphatic rings. The first kappa shape index (κ1) is 26.9. The van der Waals surface area contributed by atoms with Crippen LogP contribution < -0.4 is 0 Å². The average molecular weight is 464 g/mol. The van der Waals surface area contributed by atoms with E-state index in [1.807, 2.05) is 6.92 Å². The number of sulfone groups is 1. The Kier molecular flexibility index (Phi) is 10.7. The third-order valence-corrected chi connectivity index (χ3v) is 6.38. The normalized spacial score (nSPS) is 11.7. The third kappa shape index (κ3) is 7.86. The fourth-order valence-corrected chi connectivity index (χ4v) is 4.03. The summed E-state index contributed by atoms with van der Waals surface area (Å²) < 4.78 is 30.1. The maximum Gasteiger partial charge on any atom is 0.463 e. The number of allylic oxidation sites excluding steroid dienone is 1. The van der Waals surface area contributed by atoms with Crippen LogP contribution in [0.4, 0.5) is 0 Å². The Hall–Kier alpha value is -3.10. The largest absolute Gasteiger partial charge is 0.463 e. The molecule has 1 aromatic rings. The van der Waals surface area contributed by atoms with Gasteiger partial charge in [-0.05, 0) is 44.7 Å². The van der Waals surface area contributed by atoms with Gasteiger partial charge in [0.2, 0.25) is 5.91 Å².